The SMILES string of the molecule is O=C(O)NCC(O)CSc1nc2ccccc2s1. The van der Waals surface area contributed by atoms with Gasteiger partial charge in [0.15, 0.2) is 4.34 Å². The minimum absolute atomic E-state index is 0.0349. The van der Waals surface area contributed by atoms with Crippen LogP contribution in [-0.4, -0.2) is 39.7 Å². The molecule has 3 N–H and O–H groups in total. The number of carboxylic acid groups (broad SMARTS) is 1. The van der Waals surface area contributed by atoms with E-state index in [2.05, 4.69) is 10.3 Å². The Morgan fingerprint density at radius 3 is 3.00 bits per heavy atom. The van der Waals surface area contributed by atoms with Crippen molar-refractivity contribution in [2.24, 2.45) is 0 Å². The number of benzene rings is 1. The van der Waals surface area contributed by atoms with Gasteiger partial charge in [-0.1, -0.05) is 23.9 Å². The number of para-hydroxylation sites is 1. The van der Waals surface area contributed by atoms with Crippen molar-refractivity contribution in [2.75, 3.05) is 12.3 Å². The summed E-state index contributed by atoms with van der Waals surface area (Å²) < 4.78 is 1.99. The number of thiazole rings is 1. The molecular formula is C11H12N2O3S2. The molecule has 96 valence electrons. The predicted octanol–water partition coefficient (Wildman–Crippen LogP) is 2.02. The molecule has 0 radical (unpaired) electrons. The normalized spacial score (nSPS) is 12.5. The summed E-state index contributed by atoms with van der Waals surface area (Å²) in [4.78, 5) is 14.7. The maximum absolute atomic E-state index is 10.3. The summed E-state index contributed by atoms with van der Waals surface area (Å²) >= 11 is 3.00. The summed E-state index contributed by atoms with van der Waals surface area (Å²) in [5.41, 5.74) is 0.947. The number of amides is 1. The average molecular weight is 284 g/mol. The van der Waals surface area contributed by atoms with E-state index in [1.165, 1.54) is 11.8 Å². The summed E-state index contributed by atoms with van der Waals surface area (Å²) in [5, 5.41) is 20.1. The fourth-order valence-electron chi connectivity index (χ4n) is 1.34. The molecular weight excluding hydrogens is 272 g/mol. The fraction of sp³-hybridized carbons (Fsp3) is 0.273. The number of nitrogens with zero attached hydrogens (tertiary/aromatic N) is 1. The molecule has 7 heteroatoms. The smallest absolute Gasteiger partial charge is 0.404 e. The number of thioether (sulfide) groups is 1. The van der Waals surface area contributed by atoms with Gasteiger partial charge in [0.25, 0.3) is 0 Å². The second kappa shape index (κ2) is 6.03. The maximum Gasteiger partial charge on any atom is 0.404 e. The second-order valence-electron chi connectivity index (χ2n) is 3.60. The molecule has 2 aromatic rings. The van der Waals surface area contributed by atoms with Crippen LogP contribution in [0.15, 0.2) is 28.6 Å². The lowest BCUT2D eigenvalue weighted by atomic mass is 10.3. The van der Waals surface area contributed by atoms with Gasteiger partial charge >= 0.3 is 6.09 Å². The summed E-state index contributed by atoms with van der Waals surface area (Å²) in [6.45, 7) is 0.0349. The Kier molecular flexibility index (Phi) is 4.40. The number of hydrogen-bond acceptors (Lipinski definition) is 5. The van der Waals surface area contributed by atoms with E-state index < -0.39 is 12.2 Å². The topological polar surface area (TPSA) is 82.5 Å². The highest BCUT2D eigenvalue weighted by Gasteiger charge is 2.09. The van der Waals surface area contributed by atoms with Gasteiger partial charge in [-0.15, -0.1) is 11.3 Å². The monoisotopic (exact) mass is 284 g/mol. The third-order valence-electron chi connectivity index (χ3n) is 2.16. The van der Waals surface area contributed by atoms with E-state index in [1.54, 1.807) is 11.3 Å². The third-order valence-corrected chi connectivity index (χ3v) is 4.49. The van der Waals surface area contributed by atoms with Crippen LogP contribution in [-0.2, 0) is 0 Å². The van der Waals surface area contributed by atoms with E-state index in [1.807, 2.05) is 24.3 Å². The minimum atomic E-state index is -1.13. The summed E-state index contributed by atoms with van der Waals surface area (Å²) in [6, 6.07) is 7.83. The number of fused-ring (bicyclic) bond motifs is 1. The molecule has 0 aliphatic heterocycles. The zero-order valence-electron chi connectivity index (χ0n) is 9.37. The van der Waals surface area contributed by atoms with Crippen molar-refractivity contribution in [3.05, 3.63) is 24.3 Å². The van der Waals surface area contributed by atoms with Crippen LogP contribution in [0.3, 0.4) is 0 Å². The first kappa shape index (κ1) is 13.1. The molecule has 1 aromatic carbocycles. The van der Waals surface area contributed by atoms with E-state index in [4.69, 9.17) is 5.11 Å². The molecule has 1 amide bonds. The molecule has 0 spiro atoms. The molecule has 0 saturated heterocycles. The number of rotatable bonds is 5. The number of hydrogen-bond donors (Lipinski definition) is 3. The van der Waals surface area contributed by atoms with E-state index >= 15 is 0 Å². The Bertz CT molecular complexity index is 511. The molecule has 5 nitrogen and oxygen atoms in total. The number of aromatic nitrogens is 1. The molecule has 0 fully saturated rings. The van der Waals surface area contributed by atoms with Gasteiger partial charge < -0.3 is 15.5 Å². The van der Waals surface area contributed by atoms with Crippen LogP contribution in [0.2, 0.25) is 0 Å². The van der Waals surface area contributed by atoms with Crippen LogP contribution in [0.4, 0.5) is 4.79 Å². The van der Waals surface area contributed by atoms with Crippen LogP contribution < -0.4 is 5.32 Å². The van der Waals surface area contributed by atoms with E-state index in [9.17, 15) is 9.90 Å². The van der Waals surface area contributed by atoms with Crippen LogP contribution in [0, 0.1) is 0 Å². The van der Waals surface area contributed by atoms with Gasteiger partial charge in [-0.05, 0) is 12.1 Å². The number of carbonyl (C=O) groups is 1. The van der Waals surface area contributed by atoms with Crippen LogP contribution in [0.5, 0.6) is 0 Å². The van der Waals surface area contributed by atoms with E-state index in [0.29, 0.717) is 5.75 Å². The number of aliphatic hydroxyl groups excluding tert-OH is 1. The maximum atomic E-state index is 10.3. The van der Waals surface area contributed by atoms with Crippen molar-refractivity contribution >= 4 is 39.4 Å². The second-order valence-corrected chi connectivity index (χ2v) is 5.90. The van der Waals surface area contributed by atoms with Crippen molar-refractivity contribution in [3.63, 3.8) is 0 Å². The minimum Gasteiger partial charge on any atom is -0.465 e. The van der Waals surface area contributed by atoms with Gasteiger partial charge in [0.1, 0.15) is 0 Å². The molecule has 1 unspecified atom stereocenters. The van der Waals surface area contributed by atoms with Gasteiger partial charge in [0, 0.05) is 12.3 Å². The molecule has 2 rings (SSSR count). The van der Waals surface area contributed by atoms with Crippen molar-refractivity contribution in [1.82, 2.24) is 10.3 Å². The average Bonchev–Trinajstić information content (AvgIpc) is 2.76. The quantitative estimate of drug-likeness (QED) is 0.732. The largest absolute Gasteiger partial charge is 0.465 e. The predicted molar refractivity (Wildman–Crippen MR) is 72.4 cm³/mol. The van der Waals surface area contributed by atoms with Crippen LogP contribution in [0.1, 0.15) is 0 Å². The lowest BCUT2D eigenvalue weighted by molar-refractivity contribution is 0.170. The van der Waals surface area contributed by atoms with E-state index in [-0.39, 0.29) is 6.54 Å². The summed E-state index contributed by atoms with van der Waals surface area (Å²) in [5.74, 6) is 0.417. The van der Waals surface area contributed by atoms with Crippen LogP contribution in [0.25, 0.3) is 10.2 Å². The molecule has 18 heavy (non-hydrogen) atoms. The summed E-state index contributed by atoms with van der Waals surface area (Å²) in [6.07, 6.45) is -1.84. The van der Waals surface area contributed by atoms with Crippen LogP contribution >= 0.6 is 23.1 Å². The van der Waals surface area contributed by atoms with E-state index in [0.717, 1.165) is 14.6 Å². The molecule has 1 aromatic heterocycles. The zero-order chi connectivity index (χ0) is 13.0. The van der Waals surface area contributed by atoms with Gasteiger partial charge in [-0.25, -0.2) is 9.78 Å². The molecule has 1 atom stereocenters. The molecule has 0 aliphatic carbocycles. The lowest BCUT2D eigenvalue weighted by Crippen LogP contribution is -2.32. The molecule has 1 heterocycles. The number of aliphatic hydroxyl groups is 1. The Morgan fingerprint density at radius 2 is 2.28 bits per heavy atom. The third kappa shape index (κ3) is 3.59. The lowest BCUT2D eigenvalue weighted by Gasteiger charge is -2.08. The van der Waals surface area contributed by atoms with Gasteiger partial charge in [0.2, 0.25) is 0 Å². The van der Waals surface area contributed by atoms with Gasteiger partial charge in [-0.2, -0.15) is 0 Å². The van der Waals surface area contributed by atoms with Crippen molar-refractivity contribution in [1.29, 1.82) is 0 Å². The Morgan fingerprint density at radius 1 is 1.50 bits per heavy atom. The van der Waals surface area contributed by atoms with Gasteiger partial charge in [-0.3, -0.25) is 0 Å². The first-order valence-electron chi connectivity index (χ1n) is 5.28. The molecule has 0 aliphatic rings. The standard InChI is InChI=1S/C11H12N2O3S2/c14-7(5-12-10(15)16)6-17-11-13-8-3-1-2-4-9(8)18-11/h1-4,7,12,14H,5-6H2,(H,15,16). The fourth-order valence-corrected chi connectivity index (χ4v) is 3.37. The Balaban J connectivity index is 1.87. The Hall–Kier alpha value is -1.31. The Labute approximate surface area is 112 Å². The first-order chi connectivity index (χ1) is 8.65. The molecule has 0 saturated carbocycles. The zero-order valence-corrected chi connectivity index (χ0v) is 11.0. The summed E-state index contributed by atoms with van der Waals surface area (Å²) in [7, 11) is 0. The van der Waals surface area contributed by atoms with Gasteiger partial charge in [0.05, 0.1) is 16.3 Å². The van der Waals surface area contributed by atoms with Crippen molar-refractivity contribution in [2.45, 2.75) is 10.4 Å². The number of nitrogens with one attached hydrogen (secondary N) is 1. The highest BCUT2D eigenvalue weighted by atomic mass is 32.2. The molecule has 0 bridgehead atoms. The van der Waals surface area contributed by atoms with Crippen molar-refractivity contribution in [3.8, 4) is 0 Å². The first-order valence-corrected chi connectivity index (χ1v) is 7.08. The highest BCUT2D eigenvalue weighted by Crippen LogP contribution is 2.29. The van der Waals surface area contributed by atoms with Crippen molar-refractivity contribution < 1.29 is 15.0 Å². The highest BCUT2D eigenvalue weighted by molar-refractivity contribution is 8.01.